The van der Waals surface area contributed by atoms with Crippen LogP contribution < -0.4 is 20.1 Å². The number of carbonyl (C=O) groups is 2. The summed E-state index contributed by atoms with van der Waals surface area (Å²) in [4.78, 5) is 24.1. The van der Waals surface area contributed by atoms with Gasteiger partial charge in [-0.05, 0) is 51.1 Å². The molecule has 29 heavy (non-hydrogen) atoms. The molecule has 0 atom stereocenters. The lowest BCUT2D eigenvalue weighted by Crippen LogP contribution is -2.45. The lowest BCUT2D eigenvalue weighted by atomic mass is 10.1. The van der Waals surface area contributed by atoms with Gasteiger partial charge in [-0.25, -0.2) is 8.42 Å². The topological polar surface area (TPSA) is 114 Å². The Labute approximate surface area is 170 Å². The summed E-state index contributed by atoms with van der Waals surface area (Å²) in [5.41, 5.74) is -0.0138. The number of anilines is 1. The fourth-order valence-electron chi connectivity index (χ4n) is 2.46. The van der Waals surface area contributed by atoms with Crippen LogP contribution in [0, 0.1) is 0 Å². The first-order valence-corrected chi connectivity index (χ1v) is 10.4. The van der Waals surface area contributed by atoms with E-state index >= 15 is 0 Å². The van der Waals surface area contributed by atoms with E-state index in [4.69, 9.17) is 4.74 Å². The van der Waals surface area contributed by atoms with Crippen molar-refractivity contribution in [2.75, 3.05) is 18.4 Å². The Hall–Kier alpha value is -3.07. The third kappa shape index (κ3) is 6.49. The number of amides is 2. The van der Waals surface area contributed by atoms with E-state index in [-0.39, 0.29) is 28.6 Å². The SMILES string of the molecule is COc1ccccc1NS(=O)(=O)c1cccc(C(=O)NCC(=O)NC(C)(C)C)c1. The molecule has 0 saturated heterocycles. The van der Waals surface area contributed by atoms with Crippen LogP contribution in [-0.4, -0.2) is 39.4 Å². The van der Waals surface area contributed by atoms with Gasteiger partial charge < -0.3 is 15.4 Å². The summed E-state index contributed by atoms with van der Waals surface area (Å²) >= 11 is 0. The average molecular weight is 420 g/mol. The molecule has 2 aromatic carbocycles. The van der Waals surface area contributed by atoms with Crippen LogP contribution in [0.15, 0.2) is 53.4 Å². The third-order valence-corrected chi connectivity index (χ3v) is 5.04. The second-order valence-corrected chi connectivity index (χ2v) is 9.00. The number of benzene rings is 2. The lowest BCUT2D eigenvalue weighted by Gasteiger charge is -2.20. The molecule has 3 N–H and O–H groups in total. The molecule has 0 aliphatic heterocycles. The molecule has 0 fully saturated rings. The molecule has 0 saturated carbocycles. The summed E-state index contributed by atoms with van der Waals surface area (Å²) in [6.07, 6.45) is 0. The van der Waals surface area contributed by atoms with Gasteiger partial charge in [-0.3, -0.25) is 14.3 Å². The van der Waals surface area contributed by atoms with E-state index in [1.807, 2.05) is 20.8 Å². The smallest absolute Gasteiger partial charge is 0.262 e. The highest BCUT2D eigenvalue weighted by atomic mass is 32.2. The van der Waals surface area contributed by atoms with Crippen molar-refractivity contribution in [2.45, 2.75) is 31.2 Å². The van der Waals surface area contributed by atoms with Crippen molar-refractivity contribution in [3.8, 4) is 5.75 Å². The van der Waals surface area contributed by atoms with E-state index in [2.05, 4.69) is 15.4 Å². The molecule has 2 aromatic rings. The van der Waals surface area contributed by atoms with Crippen molar-refractivity contribution < 1.29 is 22.7 Å². The van der Waals surface area contributed by atoms with Gasteiger partial charge in [-0.15, -0.1) is 0 Å². The molecule has 0 spiro atoms. The van der Waals surface area contributed by atoms with Gasteiger partial charge in [0.25, 0.3) is 15.9 Å². The molecular weight excluding hydrogens is 394 g/mol. The Morgan fingerprint density at radius 2 is 1.72 bits per heavy atom. The monoisotopic (exact) mass is 419 g/mol. The van der Waals surface area contributed by atoms with Gasteiger partial charge in [0.15, 0.2) is 0 Å². The highest BCUT2D eigenvalue weighted by Gasteiger charge is 2.19. The van der Waals surface area contributed by atoms with Crippen LogP contribution in [0.2, 0.25) is 0 Å². The Kier molecular flexibility index (Phi) is 6.86. The first-order chi connectivity index (χ1) is 13.5. The van der Waals surface area contributed by atoms with E-state index < -0.39 is 21.5 Å². The van der Waals surface area contributed by atoms with Crippen molar-refractivity contribution in [3.05, 3.63) is 54.1 Å². The van der Waals surface area contributed by atoms with Gasteiger partial charge in [-0.1, -0.05) is 18.2 Å². The lowest BCUT2D eigenvalue weighted by molar-refractivity contribution is -0.121. The third-order valence-electron chi connectivity index (χ3n) is 3.68. The van der Waals surface area contributed by atoms with Gasteiger partial charge in [0.2, 0.25) is 5.91 Å². The van der Waals surface area contributed by atoms with Crippen LogP contribution in [0.25, 0.3) is 0 Å². The van der Waals surface area contributed by atoms with E-state index in [9.17, 15) is 18.0 Å². The standard InChI is InChI=1S/C20H25N3O5S/c1-20(2,3)22-18(24)13-21-19(25)14-8-7-9-15(12-14)29(26,27)23-16-10-5-6-11-17(16)28-4/h5-12,23H,13H2,1-4H3,(H,21,25)(H,22,24). The van der Waals surface area contributed by atoms with Gasteiger partial charge in [0.1, 0.15) is 5.75 Å². The number of hydrogen-bond donors (Lipinski definition) is 3. The number of para-hydroxylation sites is 2. The van der Waals surface area contributed by atoms with Crippen LogP contribution >= 0.6 is 0 Å². The molecule has 0 aromatic heterocycles. The predicted molar refractivity (Wildman–Crippen MR) is 110 cm³/mol. The van der Waals surface area contributed by atoms with Crippen LogP contribution in [0.4, 0.5) is 5.69 Å². The Morgan fingerprint density at radius 3 is 2.38 bits per heavy atom. The fraction of sp³-hybridized carbons (Fsp3) is 0.300. The van der Waals surface area contributed by atoms with Crippen molar-refractivity contribution in [2.24, 2.45) is 0 Å². The number of hydrogen-bond acceptors (Lipinski definition) is 5. The van der Waals surface area contributed by atoms with Crippen LogP contribution in [0.1, 0.15) is 31.1 Å². The number of ether oxygens (including phenoxy) is 1. The predicted octanol–water partition coefficient (Wildman–Crippen LogP) is 2.14. The molecule has 0 radical (unpaired) electrons. The zero-order chi connectivity index (χ0) is 21.7. The minimum Gasteiger partial charge on any atom is -0.495 e. The molecule has 0 bridgehead atoms. The zero-order valence-electron chi connectivity index (χ0n) is 16.8. The van der Waals surface area contributed by atoms with Crippen LogP contribution in [-0.2, 0) is 14.8 Å². The van der Waals surface area contributed by atoms with E-state index in [1.54, 1.807) is 24.3 Å². The summed E-state index contributed by atoms with van der Waals surface area (Å²) < 4.78 is 33.0. The second kappa shape index (κ2) is 8.95. The Balaban J connectivity index is 2.13. The molecule has 0 heterocycles. The minimum atomic E-state index is -3.95. The normalized spacial score (nSPS) is 11.4. The van der Waals surface area contributed by atoms with Crippen molar-refractivity contribution in [1.29, 1.82) is 0 Å². The number of nitrogens with one attached hydrogen (secondary N) is 3. The Bertz CT molecular complexity index is 997. The quantitative estimate of drug-likeness (QED) is 0.636. The van der Waals surface area contributed by atoms with Gasteiger partial charge >= 0.3 is 0 Å². The largest absolute Gasteiger partial charge is 0.495 e. The van der Waals surface area contributed by atoms with Gasteiger partial charge in [-0.2, -0.15) is 0 Å². The van der Waals surface area contributed by atoms with E-state index in [0.717, 1.165) is 0 Å². The summed E-state index contributed by atoms with van der Waals surface area (Å²) in [6, 6.07) is 12.1. The van der Waals surface area contributed by atoms with Gasteiger partial charge in [0.05, 0.1) is 24.2 Å². The van der Waals surface area contributed by atoms with Crippen molar-refractivity contribution in [3.63, 3.8) is 0 Å². The summed E-state index contributed by atoms with van der Waals surface area (Å²) in [5, 5.41) is 5.21. The highest BCUT2D eigenvalue weighted by Crippen LogP contribution is 2.26. The van der Waals surface area contributed by atoms with Crippen molar-refractivity contribution >= 4 is 27.5 Å². The maximum Gasteiger partial charge on any atom is 0.262 e. The highest BCUT2D eigenvalue weighted by molar-refractivity contribution is 7.92. The first-order valence-electron chi connectivity index (χ1n) is 8.87. The molecule has 0 unspecified atom stereocenters. The maximum absolute atomic E-state index is 12.7. The second-order valence-electron chi connectivity index (χ2n) is 7.31. The summed E-state index contributed by atoms with van der Waals surface area (Å²) in [5.74, 6) is -0.523. The number of rotatable bonds is 7. The minimum absolute atomic E-state index is 0.0878. The zero-order valence-corrected chi connectivity index (χ0v) is 17.6. The number of sulfonamides is 1. The molecule has 8 nitrogen and oxygen atoms in total. The summed E-state index contributed by atoms with van der Waals surface area (Å²) in [6.45, 7) is 5.27. The van der Waals surface area contributed by atoms with E-state index in [1.165, 1.54) is 31.4 Å². The molecule has 0 aliphatic rings. The number of carbonyl (C=O) groups excluding carboxylic acids is 2. The molecular formula is C20H25N3O5S. The first kappa shape index (κ1) is 22.2. The fourth-order valence-corrected chi connectivity index (χ4v) is 3.58. The average Bonchev–Trinajstić information content (AvgIpc) is 2.65. The van der Waals surface area contributed by atoms with Gasteiger partial charge in [0, 0.05) is 11.1 Å². The van der Waals surface area contributed by atoms with E-state index in [0.29, 0.717) is 5.75 Å². The van der Waals surface area contributed by atoms with Crippen LogP contribution in [0.5, 0.6) is 5.75 Å². The molecule has 9 heteroatoms. The molecule has 0 aliphatic carbocycles. The summed E-state index contributed by atoms with van der Waals surface area (Å²) in [7, 11) is -2.51. The Morgan fingerprint density at radius 1 is 1.03 bits per heavy atom. The molecule has 156 valence electrons. The van der Waals surface area contributed by atoms with Crippen molar-refractivity contribution in [1.82, 2.24) is 10.6 Å². The van der Waals surface area contributed by atoms with Crippen LogP contribution in [0.3, 0.4) is 0 Å². The molecule has 2 amide bonds. The number of methoxy groups -OCH3 is 1. The maximum atomic E-state index is 12.7. The molecule has 2 rings (SSSR count).